The average Bonchev–Trinajstić information content (AvgIpc) is 3.94. The molecule has 362 valence electrons. The molecule has 16 heteroatoms. The van der Waals surface area contributed by atoms with Gasteiger partial charge in [-0.25, -0.2) is 0 Å². The van der Waals surface area contributed by atoms with Crippen molar-refractivity contribution in [1.82, 2.24) is 9.80 Å². The third-order valence-electron chi connectivity index (χ3n) is 13.7. The van der Waals surface area contributed by atoms with Gasteiger partial charge in [-0.05, 0) is 133 Å². The van der Waals surface area contributed by atoms with Crippen LogP contribution in [0.25, 0.3) is 11.1 Å². The summed E-state index contributed by atoms with van der Waals surface area (Å²) in [5.74, 6) is 2.65. The van der Waals surface area contributed by atoms with E-state index in [9.17, 15) is 27.1 Å². The Hall–Kier alpha value is -5.76. The lowest BCUT2D eigenvalue weighted by atomic mass is 9.97. The third-order valence-corrected chi connectivity index (χ3v) is 18.3. The van der Waals surface area contributed by atoms with Gasteiger partial charge in [0, 0.05) is 48.1 Å². The molecule has 4 aliphatic rings. The number of ether oxygens (including phenoxy) is 6. The van der Waals surface area contributed by atoms with E-state index in [4.69, 9.17) is 28.4 Å². The van der Waals surface area contributed by atoms with Crippen LogP contribution in [0.5, 0.6) is 34.5 Å². The van der Waals surface area contributed by atoms with E-state index >= 15 is 0 Å². The summed E-state index contributed by atoms with van der Waals surface area (Å²) < 4.78 is 85.3. The van der Waals surface area contributed by atoms with E-state index in [-0.39, 0.29) is 37.0 Å². The van der Waals surface area contributed by atoms with Gasteiger partial charge in [-0.15, -0.1) is 0 Å². The van der Waals surface area contributed by atoms with Crippen LogP contribution in [0, 0.1) is 0 Å². The Bertz CT molecular complexity index is 2740. The number of amides is 2. The van der Waals surface area contributed by atoms with Gasteiger partial charge in [0.05, 0.1) is 54.8 Å². The molecule has 0 radical (unpaired) electrons. The summed E-state index contributed by atoms with van der Waals surface area (Å²) in [6.45, 7) is 2.61. The smallest absolute Gasteiger partial charge is 0.270 e. The first-order valence-corrected chi connectivity index (χ1v) is 27.1. The highest BCUT2D eigenvalue weighted by Crippen LogP contribution is 2.48. The van der Waals surface area contributed by atoms with E-state index in [1.54, 1.807) is 57.9 Å². The summed E-state index contributed by atoms with van der Waals surface area (Å²) in [6, 6.07) is 21.3. The van der Waals surface area contributed by atoms with Gasteiger partial charge in [-0.1, -0.05) is 37.6 Å². The number of aryl methyl sites for hydroxylation is 1. The molecule has 4 aromatic carbocycles. The molecule has 0 saturated heterocycles. The predicted molar refractivity (Wildman–Crippen MR) is 262 cm³/mol. The lowest BCUT2D eigenvalue weighted by Crippen LogP contribution is -2.43. The molecule has 0 bridgehead atoms. The van der Waals surface area contributed by atoms with Crippen LogP contribution < -0.4 is 28.4 Å². The predicted octanol–water partition coefficient (Wildman–Crippen LogP) is 9.39. The lowest BCUT2D eigenvalue weighted by molar-refractivity contribution is 0.0780. The van der Waals surface area contributed by atoms with E-state index in [1.165, 1.54) is 12.0 Å². The first-order chi connectivity index (χ1) is 32.8. The van der Waals surface area contributed by atoms with Gasteiger partial charge >= 0.3 is 0 Å². The zero-order valence-corrected chi connectivity index (χ0v) is 41.1. The largest absolute Gasteiger partial charge is 0.497 e. The Labute approximate surface area is 399 Å². The Morgan fingerprint density at radius 2 is 1.13 bits per heavy atom. The third kappa shape index (κ3) is 10.4. The van der Waals surface area contributed by atoms with Crippen molar-refractivity contribution in [3.8, 4) is 34.5 Å². The van der Waals surface area contributed by atoms with Crippen LogP contribution in [0.4, 0.5) is 0 Å². The summed E-state index contributed by atoms with van der Waals surface area (Å²) in [6.07, 6.45) is 10.4. The molecule has 4 aromatic rings. The van der Waals surface area contributed by atoms with Crippen molar-refractivity contribution in [1.29, 1.82) is 0 Å². The minimum atomic E-state index is -4.59. The highest BCUT2D eigenvalue weighted by atomic mass is 32.2. The van der Waals surface area contributed by atoms with Crippen molar-refractivity contribution in [2.24, 2.45) is 0 Å². The first kappa shape index (κ1) is 48.7. The highest BCUT2D eigenvalue weighted by molar-refractivity contribution is 7.86. The van der Waals surface area contributed by atoms with Crippen molar-refractivity contribution in [2.75, 3.05) is 60.1 Å². The molecular formula is C52H61N2O12PS. The minimum absolute atomic E-state index is 0.0540. The summed E-state index contributed by atoms with van der Waals surface area (Å²) in [5.41, 5.74) is 5.98. The van der Waals surface area contributed by atoms with Crippen LogP contribution in [0.15, 0.2) is 85.2 Å². The van der Waals surface area contributed by atoms with Crippen molar-refractivity contribution < 1.29 is 55.5 Å². The maximum Gasteiger partial charge on any atom is 0.270 e. The summed E-state index contributed by atoms with van der Waals surface area (Å²) in [4.78, 5) is 31.3. The zero-order chi connectivity index (χ0) is 48.2. The molecule has 4 heterocycles. The van der Waals surface area contributed by atoms with Gasteiger partial charge in [0.1, 0.15) is 16.7 Å². The number of benzene rings is 4. The molecule has 0 spiro atoms. The fourth-order valence-corrected chi connectivity index (χ4v) is 13.9. The zero-order valence-electron chi connectivity index (χ0n) is 39.4. The number of carbonyl (C=O) groups excluding carboxylic acids is 2. The molecule has 2 amide bonds. The molecule has 68 heavy (non-hydrogen) atoms. The topological polar surface area (TPSA) is 167 Å². The standard InChI is InChI=1S/C52H61N2O12PS/c1-6-7-22-67(57,23-8-20-65-48-27-36-10-15-40-25-38(34-11-16-41(61-2)17-12-34)32-53(40)51(55)43(36)30-46(48)63-4)24-9-21-66-49-28-37-29-50(68(58,59)60)45-26-39(35-13-18-42(62-3)19-14-35)33-54(45)52(56)44(37)31-47(49)64-5/h11-14,16-19,27-28,30-33,40,45,50H,6-10,15,20-26,29H2,1-5H3,(H,58,59,60)/t40-,45+,50?,67?/m1/s1. The number of methoxy groups -OCH3 is 4. The molecule has 2 unspecified atom stereocenters. The number of carbonyl (C=O) groups is 2. The maximum absolute atomic E-state index is 14.4. The molecule has 0 aromatic heterocycles. The van der Waals surface area contributed by atoms with Crippen molar-refractivity contribution >= 4 is 40.2 Å². The SMILES string of the molecule is CCCCP(=O)(CCCOc1cc2c(cc1OC)C(=O)N1C=C(c3ccc(OC)cc3)C[C@H]1CC2)CCCOc1cc2c(cc1OC)C(=O)N1C=C(c3ccc(OC)cc3)C[C@H]1C(S(=O)(=O)O)C2. The lowest BCUT2D eigenvalue weighted by Gasteiger charge is -2.26. The Morgan fingerprint density at radius 3 is 1.66 bits per heavy atom. The second kappa shape index (κ2) is 20.9. The van der Waals surface area contributed by atoms with Crippen LogP contribution in [0.2, 0.25) is 0 Å². The van der Waals surface area contributed by atoms with E-state index < -0.39 is 34.5 Å². The second-order valence-corrected chi connectivity index (χ2v) is 23.0. The monoisotopic (exact) mass is 968 g/mol. The number of nitrogens with zero attached hydrogens (tertiary/aromatic N) is 2. The minimum Gasteiger partial charge on any atom is -0.497 e. The molecule has 0 fully saturated rings. The Balaban J connectivity index is 0.892. The number of unbranched alkanes of at least 4 members (excludes halogenated alkanes) is 1. The number of hydrogen-bond acceptors (Lipinski definition) is 11. The number of fused-ring (bicyclic) bond motifs is 4. The quantitative estimate of drug-likeness (QED) is 0.0507. The number of hydrogen-bond donors (Lipinski definition) is 1. The van der Waals surface area contributed by atoms with Gasteiger partial charge < -0.3 is 42.8 Å². The Kier molecular flexibility index (Phi) is 14.9. The molecule has 4 atom stereocenters. The fraction of sp³-hybridized carbons (Fsp3) is 0.423. The summed E-state index contributed by atoms with van der Waals surface area (Å²) >= 11 is 0. The van der Waals surface area contributed by atoms with Gasteiger partial charge in [0.2, 0.25) is 0 Å². The van der Waals surface area contributed by atoms with E-state index in [1.807, 2.05) is 53.6 Å². The maximum atomic E-state index is 14.4. The van der Waals surface area contributed by atoms with E-state index in [2.05, 4.69) is 6.92 Å². The van der Waals surface area contributed by atoms with E-state index in [0.29, 0.717) is 84.2 Å². The van der Waals surface area contributed by atoms with Gasteiger partial charge in [-0.2, -0.15) is 8.42 Å². The molecule has 4 aliphatic heterocycles. The highest BCUT2D eigenvalue weighted by Gasteiger charge is 2.45. The molecular weight excluding hydrogens is 908 g/mol. The molecule has 0 saturated carbocycles. The van der Waals surface area contributed by atoms with Crippen LogP contribution in [0.3, 0.4) is 0 Å². The Morgan fingerprint density at radius 1 is 0.632 bits per heavy atom. The van der Waals surface area contributed by atoms with Gasteiger partial charge in [0.25, 0.3) is 21.9 Å². The van der Waals surface area contributed by atoms with Gasteiger partial charge in [0.15, 0.2) is 23.0 Å². The van der Waals surface area contributed by atoms with Crippen molar-refractivity contribution in [2.45, 2.75) is 82.0 Å². The van der Waals surface area contributed by atoms with Crippen LogP contribution in [0.1, 0.15) is 94.8 Å². The fourth-order valence-electron chi connectivity index (χ4n) is 9.93. The normalized spacial score (nSPS) is 19.6. The molecule has 0 aliphatic carbocycles. The van der Waals surface area contributed by atoms with Crippen molar-refractivity contribution in [3.63, 3.8) is 0 Å². The van der Waals surface area contributed by atoms with Crippen LogP contribution >= 0.6 is 7.14 Å². The second-order valence-electron chi connectivity index (χ2n) is 17.9. The van der Waals surface area contributed by atoms with Crippen LogP contribution in [-0.4, -0.2) is 112 Å². The first-order valence-electron chi connectivity index (χ1n) is 23.3. The van der Waals surface area contributed by atoms with Crippen LogP contribution in [-0.2, 0) is 27.5 Å². The van der Waals surface area contributed by atoms with Crippen molar-refractivity contribution in [3.05, 3.63) is 119 Å². The molecule has 14 nitrogen and oxygen atoms in total. The average molecular weight is 969 g/mol. The molecule has 8 rings (SSSR count). The summed E-state index contributed by atoms with van der Waals surface area (Å²) in [5, 5.41) is -1.28. The molecule has 1 N–H and O–H groups in total. The number of rotatable bonds is 20. The van der Waals surface area contributed by atoms with E-state index in [0.717, 1.165) is 59.3 Å². The summed E-state index contributed by atoms with van der Waals surface area (Å²) in [7, 11) is -0.980. The van der Waals surface area contributed by atoms with Gasteiger partial charge in [-0.3, -0.25) is 14.1 Å².